The van der Waals surface area contributed by atoms with Crippen LogP contribution in [0.25, 0.3) is 0 Å². The third kappa shape index (κ3) is 3.90. The molecule has 0 aliphatic carbocycles. The number of piperidine rings is 1. The lowest BCUT2D eigenvalue weighted by atomic mass is 10.1. The molecule has 0 amide bonds. The van der Waals surface area contributed by atoms with Crippen molar-refractivity contribution in [2.24, 2.45) is 0 Å². The zero-order valence-electron chi connectivity index (χ0n) is 10.9. The quantitative estimate of drug-likeness (QED) is 0.650. The third-order valence-electron chi connectivity index (χ3n) is 3.17. The molecule has 0 saturated carbocycles. The van der Waals surface area contributed by atoms with Gasteiger partial charge in [-0.3, -0.25) is 10.1 Å². The van der Waals surface area contributed by atoms with E-state index in [9.17, 15) is 10.1 Å². The van der Waals surface area contributed by atoms with Crippen LogP contribution in [0.3, 0.4) is 0 Å². The van der Waals surface area contributed by atoms with E-state index >= 15 is 0 Å². The molecule has 2 rings (SSSR count). The van der Waals surface area contributed by atoms with Crippen LogP contribution in [0.5, 0.6) is 5.75 Å². The molecule has 1 heterocycles. The minimum atomic E-state index is -0.420. The van der Waals surface area contributed by atoms with Crippen LogP contribution >= 0.6 is 0 Å². The minimum absolute atomic E-state index is 0.0308. The third-order valence-corrected chi connectivity index (χ3v) is 3.17. The molecule has 0 unspecified atom stereocenters. The van der Waals surface area contributed by atoms with Crippen LogP contribution < -0.4 is 10.1 Å². The van der Waals surface area contributed by atoms with E-state index in [0.29, 0.717) is 12.4 Å². The average Bonchev–Trinajstić information content (AvgIpc) is 2.45. The Kier molecular flexibility index (Phi) is 4.70. The van der Waals surface area contributed by atoms with E-state index in [1.165, 1.54) is 19.2 Å². The molecule has 0 spiro atoms. The number of hydrogen-bond acceptors (Lipinski definition) is 5. The van der Waals surface area contributed by atoms with E-state index in [4.69, 9.17) is 9.47 Å². The van der Waals surface area contributed by atoms with Crippen LogP contribution in [0, 0.1) is 10.1 Å². The van der Waals surface area contributed by atoms with Crippen molar-refractivity contribution in [2.45, 2.75) is 25.6 Å². The number of methoxy groups -OCH3 is 1. The Morgan fingerprint density at radius 1 is 1.37 bits per heavy atom. The fourth-order valence-corrected chi connectivity index (χ4v) is 2.13. The van der Waals surface area contributed by atoms with Gasteiger partial charge in [0, 0.05) is 6.07 Å². The molecule has 19 heavy (non-hydrogen) atoms. The summed E-state index contributed by atoms with van der Waals surface area (Å²) >= 11 is 0. The van der Waals surface area contributed by atoms with Gasteiger partial charge in [0.25, 0.3) is 5.69 Å². The number of rotatable bonds is 5. The van der Waals surface area contributed by atoms with Crippen molar-refractivity contribution in [3.8, 4) is 5.75 Å². The summed E-state index contributed by atoms with van der Waals surface area (Å²) in [5, 5.41) is 14.1. The van der Waals surface area contributed by atoms with Crippen molar-refractivity contribution < 1.29 is 14.4 Å². The van der Waals surface area contributed by atoms with E-state index in [2.05, 4.69) is 5.32 Å². The summed E-state index contributed by atoms with van der Waals surface area (Å²) < 4.78 is 10.9. The van der Waals surface area contributed by atoms with E-state index in [0.717, 1.165) is 31.5 Å². The maximum absolute atomic E-state index is 10.8. The van der Waals surface area contributed by atoms with Crippen LogP contribution in [0.1, 0.15) is 18.4 Å². The number of nitro groups is 1. The molecule has 0 atom stereocenters. The molecule has 1 saturated heterocycles. The topological polar surface area (TPSA) is 73.6 Å². The number of nitrogens with one attached hydrogen (secondary N) is 1. The molecular formula is C13H18N2O4. The SMILES string of the molecule is COc1cc(COC2CCNCC2)cc([N+](=O)[O-])c1. The molecule has 0 radical (unpaired) electrons. The molecule has 0 aromatic heterocycles. The van der Waals surface area contributed by atoms with Gasteiger partial charge in [0.15, 0.2) is 0 Å². The molecule has 0 bridgehead atoms. The number of hydrogen-bond donors (Lipinski definition) is 1. The van der Waals surface area contributed by atoms with Gasteiger partial charge in [-0.15, -0.1) is 0 Å². The molecule has 104 valence electrons. The number of ether oxygens (including phenoxy) is 2. The van der Waals surface area contributed by atoms with E-state index in [-0.39, 0.29) is 11.8 Å². The van der Waals surface area contributed by atoms with Crippen molar-refractivity contribution in [1.82, 2.24) is 5.32 Å². The van der Waals surface area contributed by atoms with Gasteiger partial charge in [0.05, 0.1) is 30.8 Å². The summed E-state index contributed by atoms with van der Waals surface area (Å²) in [6.45, 7) is 2.30. The van der Waals surface area contributed by atoms with Gasteiger partial charge >= 0.3 is 0 Å². The zero-order chi connectivity index (χ0) is 13.7. The Bertz CT molecular complexity index is 444. The average molecular weight is 266 g/mol. The maximum Gasteiger partial charge on any atom is 0.273 e. The van der Waals surface area contributed by atoms with Crippen molar-refractivity contribution >= 4 is 5.69 Å². The lowest BCUT2D eigenvalue weighted by Crippen LogP contribution is -2.32. The molecule has 6 nitrogen and oxygen atoms in total. The van der Waals surface area contributed by atoms with Gasteiger partial charge in [0.1, 0.15) is 5.75 Å². The minimum Gasteiger partial charge on any atom is -0.496 e. The smallest absolute Gasteiger partial charge is 0.273 e. The molecule has 1 aromatic carbocycles. The summed E-state index contributed by atoms with van der Waals surface area (Å²) in [6.07, 6.45) is 2.18. The highest BCUT2D eigenvalue weighted by molar-refractivity contribution is 5.42. The fraction of sp³-hybridized carbons (Fsp3) is 0.538. The second-order valence-electron chi connectivity index (χ2n) is 4.56. The fourth-order valence-electron chi connectivity index (χ4n) is 2.13. The monoisotopic (exact) mass is 266 g/mol. The lowest BCUT2D eigenvalue weighted by Gasteiger charge is -2.23. The van der Waals surface area contributed by atoms with Gasteiger partial charge in [-0.2, -0.15) is 0 Å². The molecule has 1 aliphatic heterocycles. The standard InChI is InChI=1S/C13H18N2O4/c1-18-13-7-10(6-11(8-13)15(16)17)9-19-12-2-4-14-5-3-12/h6-8,12,14H,2-5,9H2,1H3. The summed E-state index contributed by atoms with van der Waals surface area (Å²) in [4.78, 5) is 10.4. The van der Waals surface area contributed by atoms with Crippen LogP contribution in [-0.4, -0.2) is 31.2 Å². The first-order valence-electron chi connectivity index (χ1n) is 6.33. The Morgan fingerprint density at radius 3 is 2.74 bits per heavy atom. The Balaban J connectivity index is 2.02. The van der Waals surface area contributed by atoms with Gasteiger partial charge in [0.2, 0.25) is 0 Å². The molecule has 6 heteroatoms. The highest BCUT2D eigenvalue weighted by atomic mass is 16.6. The number of non-ortho nitro benzene ring substituents is 1. The zero-order valence-corrected chi connectivity index (χ0v) is 10.9. The summed E-state index contributed by atoms with van der Waals surface area (Å²) in [5.41, 5.74) is 0.799. The second kappa shape index (κ2) is 6.49. The summed E-state index contributed by atoms with van der Waals surface area (Å²) in [7, 11) is 1.50. The van der Waals surface area contributed by atoms with Crippen LogP contribution in [-0.2, 0) is 11.3 Å². The Labute approximate surface area is 111 Å². The van der Waals surface area contributed by atoms with Crippen LogP contribution in [0.4, 0.5) is 5.69 Å². The van der Waals surface area contributed by atoms with E-state index in [1.807, 2.05) is 0 Å². The van der Waals surface area contributed by atoms with Gasteiger partial charge in [-0.1, -0.05) is 0 Å². The van der Waals surface area contributed by atoms with Crippen molar-refractivity contribution in [2.75, 3.05) is 20.2 Å². The number of benzene rings is 1. The predicted molar refractivity (Wildman–Crippen MR) is 70.3 cm³/mol. The first kappa shape index (κ1) is 13.8. The number of nitrogens with zero attached hydrogens (tertiary/aromatic N) is 1. The van der Waals surface area contributed by atoms with Gasteiger partial charge < -0.3 is 14.8 Å². The maximum atomic E-state index is 10.8. The summed E-state index contributed by atoms with van der Waals surface area (Å²) in [5.74, 6) is 0.484. The summed E-state index contributed by atoms with van der Waals surface area (Å²) in [6, 6.07) is 4.71. The van der Waals surface area contributed by atoms with Crippen molar-refractivity contribution in [1.29, 1.82) is 0 Å². The van der Waals surface area contributed by atoms with Crippen LogP contribution in [0.2, 0.25) is 0 Å². The normalized spacial score (nSPS) is 16.3. The molecule has 1 fully saturated rings. The predicted octanol–water partition coefficient (Wildman–Crippen LogP) is 1.87. The molecule has 1 aromatic rings. The Hall–Kier alpha value is -1.66. The first-order chi connectivity index (χ1) is 9.19. The first-order valence-corrected chi connectivity index (χ1v) is 6.33. The lowest BCUT2D eigenvalue weighted by molar-refractivity contribution is -0.385. The highest BCUT2D eigenvalue weighted by Crippen LogP contribution is 2.23. The van der Waals surface area contributed by atoms with Gasteiger partial charge in [-0.05, 0) is 37.6 Å². The van der Waals surface area contributed by atoms with Gasteiger partial charge in [-0.25, -0.2) is 0 Å². The number of nitro benzene ring substituents is 1. The van der Waals surface area contributed by atoms with Crippen LogP contribution in [0.15, 0.2) is 18.2 Å². The molecule has 1 N–H and O–H groups in total. The molecule has 1 aliphatic rings. The highest BCUT2D eigenvalue weighted by Gasteiger charge is 2.15. The Morgan fingerprint density at radius 2 is 2.11 bits per heavy atom. The second-order valence-corrected chi connectivity index (χ2v) is 4.56. The van der Waals surface area contributed by atoms with Crippen molar-refractivity contribution in [3.63, 3.8) is 0 Å². The van der Waals surface area contributed by atoms with E-state index in [1.54, 1.807) is 6.07 Å². The largest absolute Gasteiger partial charge is 0.496 e. The van der Waals surface area contributed by atoms with Crippen molar-refractivity contribution in [3.05, 3.63) is 33.9 Å². The van der Waals surface area contributed by atoms with E-state index < -0.39 is 4.92 Å². The molecular weight excluding hydrogens is 248 g/mol.